The fourth-order valence-electron chi connectivity index (χ4n) is 1.49. The van der Waals surface area contributed by atoms with Crippen LogP contribution in [0.25, 0.3) is 0 Å². The number of hydrogen-bond donors (Lipinski definition) is 1. The number of halogens is 2. The van der Waals surface area contributed by atoms with Gasteiger partial charge in [0.25, 0.3) is 0 Å². The van der Waals surface area contributed by atoms with Crippen molar-refractivity contribution in [2.75, 3.05) is 5.73 Å². The molecule has 0 saturated heterocycles. The molecule has 0 aliphatic carbocycles. The summed E-state index contributed by atoms with van der Waals surface area (Å²) >= 11 is 1.25. The van der Waals surface area contributed by atoms with E-state index in [0.29, 0.717) is 4.88 Å². The third kappa shape index (κ3) is 2.06. The van der Waals surface area contributed by atoms with Gasteiger partial charge >= 0.3 is 0 Å². The molecule has 0 bridgehead atoms. The zero-order chi connectivity index (χ0) is 12.6. The van der Waals surface area contributed by atoms with Gasteiger partial charge in [-0.3, -0.25) is 4.79 Å². The maximum atomic E-state index is 13.1. The van der Waals surface area contributed by atoms with Crippen molar-refractivity contribution < 1.29 is 13.6 Å². The molecule has 0 radical (unpaired) electrons. The number of rotatable bonds is 2. The molecule has 1 aromatic carbocycles. The van der Waals surface area contributed by atoms with Crippen LogP contribution in [0.3, 0.4) is 0 Å². The number of anilines is 1. The van der Waals surface area contributed by atoms with E-state index in [2.05, 4.69) is 0 Å². The van der Waals surface area contributed by atoms with E-state index in [-0.39, 0.29) is 17.0 Å². The summed E-state index contributed by atoms with van der Waals surface area (Å²) in [5, 5.41) is 1.76. The molecule has 2 nitrogen and oxygen atoms in total. The van der Waals surface area contributed by atoms with E-state index < -0.39 is 11.6 Å². The van der Waals surface area contributed by atoms with Crippen LogP contribution in [0.1, 0.15) is 20.8 Å². The average Bonchev–Trinajstić information content (AvgIpc) is 2.69. The number of aryl methyl sites for hydroxylation is 1. The van der Waals surface area contributed by atoms with Gasteiger partial charge in [-0.15, -0.1) is 11.3 Å². The second-order valence-corrected chi connectivity index (χ2v) is 4.53. The summed E-state index contributed by atoms with van der Waals surface area (Å²) in [5.74, 6) is -2.51. The van der Waals surface area contributed by atoms with Crippen molar-refractivity contribution in [3.05, 3.63) is 51.2 Å². The SMILES string of the molecule is Cc1ccsc1C(=O)c1cc(F)c(F)cc1N. The van der Waals surface area contributed by atoms with Crippen molar-refractivity contribution in [1.82, 2.24) is 0 Å². The molecule has 2 N–H and O–H groups in total. The largest absolute Gasteiger partial charge is 0.398 e. The van der Waals surface area contributed by atoms with Gasteiger partial charge in [-0.25, -0.2) is 8.78 Å². The Labute approximate surface area is 101 Å². The molecule has 0 unspecified atom stereocenters. The van der Waals surface area contributed by atoms with Gasteiger partial charge in [0.1, 0.15) is 0 Å². The first-order valence-electron chi connectivity index (χ1n) is 4.84. The standard InChI is InChI=1S/C12H9F2NOS/c1-6-2-3-17-12(6)11(16)7-4-8(13)9(14)5-10(7)15/h2-5H,15H2,1H3. The van der Waals surface area contributed by atoms with Crippen LogP contribution in [0, 0.1) is 18.6 Å². The van der Waals surface area contributed by atoms with Gasteiger partial charge in [-0.2, -0.15) is 0 Å². The van der Waals surface area contributed by atoms with Crippen LogP contribution in [-0.2, 0) is 0 Å². The number of carbonyl (C=O) groups excluding carboxylic acids is 1. The lowest BCUT2D eigenvalue weighted by Gasteiger charge is -2.05. The number of carbonyl (C=O) groups is 1. The fourth-order valence-corrected chi connectivity index (χ4v) is 2.37. The van der Waals surface area contributed by atoms with Gasteiger partial charge in [-0.05, 0) is 30.0 Å². The lowest BCUT2D eigenvalue weighted by molar-refractivity contribution is 0.104. The first kappa shape index (κ1) is 11.7. The van der Waals surface area contributed by atoms with E-state index in [1.54, 1.807) is 18.4 Å². The highest BCUT2D eigenvalue weighted by atomic mass is 32.1. The zero-order valence-electron chi connectivity index (χ0n) is 8.96. The molecular weight excluding hydrogens is 244 g/mol. The van der Waals surface area contributed by atoms with Crippen LogP contribution < -0.4 is 5.73 Å². The van der Waals surface area contributed by atoms with Crippen LogP contribution >= 0.6 is 11.3 Å². The van der Waals surface area contributed by atoms with E-state index >= 15 is 0 Å². The maximum absolute atomic E-state index is 13.1. The number of nitrogens with two attached hydrogens (primary N) is 1. The number of nitrogen functional groups attached to an aromatic ring is 1. The van der Waals surface area contributed by atoms with Crippen LogP contribution in [0.5, 0.6) is 0 Å². The van der Waals surface area contributed by atoms with E-state index in [1.165, 1.54) is 11.3 Å². The van der Waals surface area contributed by atoms with E-state index in [9.17, 15) is 13.6 Å². The Balaban J connectivity index is 2.52. The van der Waals surface area contributed by atoms with Crippen LogP contribution in [0.4, 0.5) is 14.5 Å². The molecule has 2 aromatic rings. The number of thiophene rings is 1. The smallest absolute Gasteiger partial charge is 0.205 e. The second kappa shape index (κ2) is 4.25. The lowest BCUT2D eigenvalue weighted by atomic mass is 10.1. The summed E-state index contributed by atoms with van der Waals surface area (Å²) in [7, 11) is 0. The molecule has 1 aromatic heterocycles. The van der Waals surface area contributed by atoms with Gasteiger partial charge in [-0.1, -0.05) is 0 Å². The summed E-state index contributed by atoms with van der Waals surface area (Å²) in [4.78, 5) is 12.5. The normalized spacial score (nSPS) is 10.5. The van der Waals surface area contributed by atoms with Gasteiger partial charge in [0, 0.05) is 17.3 Å². The van der Waals surface area contributed by atoms with Crippen molar-refractivity contribution in [3.63, 3.8) is 0 Å². The van der Waals surface area contributed by atoms with Crippen LogP contribution in [0.2, 0.25) is 0 Å². The molecule has 1 heterocycles. The Hall–Kier alpha value is -1.75. The number of hydrogen-bond acceptors (Lipinski definition) is 3. The zero-order valence-corrected chi connectivity index (χ0v) is 9.78. The predicted octanol–water partition coefficient (Wildman–Crippen LogP) is 3.15. The summed E-state index contributed by atoms with van der Waals surface area (Å²) in [6.45, 7) is 1.78. The molecule has 5 heteroatoms. The maximum Gasteiger partial charge on any atom is 0.205 e. The van der Waals surface area contributed by atoms with E-state index in [4.69, 9.17) is 5.73 Å². The Morgan fingerprint density at radius 1 is 1.29 bits per heavy atom. The molecule has 0 spiro atoms. The molecule has 0 amide bonds. The summed E-state index contributed by atoms with van der Waals surface area (Å²) in [6, 6.07) is 3.45. The Morgan fingerprint density at radius 3 is 2.53 bits per heavy atom. The number of benzene rings is 1. The van der Waals surface area contributed by atoms with Crippen LogP contribution in [0.15, 0.2) is 23.6 Å². The average molecular weight is 253 g/mol. The molecule has 0 aliphatic heterocycles. The topological polar surface area (TPSA) is 43.1 Å². The highest BCUT2D eigenvalue weighted by molar-refractivity contribution is 7.12. The number of ketones is 1. The van der Waals surface area contributed by atoms with Crippen molar-refractivity contribution in [3.8, 4) is 0 Å². The van der Waals surface area contributed by atoms with E-state index in [1.807, 2.05) is 0 Å². The lowest BCUT2D eigenvalue weighted by Crippen LogP contribution is -2.06. The van der Waals surface area contributed by atoms with E-state index in [0.717, 1.165) is 17.7 Å². The Morgan fingerprint density at radius 2 is 1.94 bits per heavy atom. The van der Waals surface area contributed by atoms with Gasteiger partial charge in [0.2, 0.25) is 5.78 Å². The molecule has 88 valence electrons. The molecular formula is C12H9F2NOS. The van der Waals surface area contributed by atoms with Gasteiger partial charge in [0.05, 0.1) is 4.88 Å². The minimum absolute atomic E-state index is 0.00514. The Bertz CT molecular complexity index is 592. The fraction of sp³-hybridized carbons (Fsp3) is 0.0833. The summed E-state index contributed by atoms with van der Waals surface area (Å²) in [6.07, 6.45) is 0. The first-order chi connectivity index (χ1) is 8.00. The van der Waals surface area contributed by atoms with Gasteiger partial charge < -0.3 is 5.73 Å². The first-order valence-corrected chi connectivity index (χ1v) is 5.72. The summed E-state index contributed by atoms with van der Waals surface area (Å²) in [5.41, 5.74) is 6.26. The summed E-state index contributed by atoms with van der Waals surface area (Å²) < 4.78 is 26.0. The van der Waals surface area contributed by atoms with Crippen molar-refractivity contribution in [2.45, 2.75) is 6.92 Å². The highest BCUT2D eigenvalue weighted by Gasteiger charge is 2.18. The monoisotopic (exact) mass is 253 g/mol. The van der Waals surface area contributed by atoms with Crippen molar-refractivity contribution in [2.24, 2.45) is 0 Å². The molecule has 0 saturated carbocycles. The third-order valence-corrected chi connectivity index (χ3v) is 3.42. The minimum atomic E-state index is -1.07. The van der Waals surface area contributed by atoms with Crippen molar-refractivity contribution >= 4 is 22.8 Å². The Kier molecular flexibility index (Phi) is 2.93. The molecule has 0 atom stereocenters. The molecule has 0 fully saturated rings. The van der Waals surface area contributed by atoms with Crippen molar-refractivity contribution in [1.29, 1.82) is 0 Å². The molecule has 17 heavy (non-hydrogen) atoms. The van der Waals surface area contributed by atoms with Gasteiger partial charge in [0.15, 0.2) is 11.6 Å². The van der Waals surface area contributed by atoms with Crippen LogP contribution in [-0.4, -0.2) is 5.78 Å². The minimum Gasteiger partial charge on any atom is -0.398 e. The highest BCUT2D eigenvalue weighted by Crippen LogP contribution is 2.24. The second-order valence-electron chi connectivity index (χ2n) is 3.62. The molecule has 0 aliphatic rings. The molecule has 2 rings (SSSR count). The predicted molar refractivity (Wildman–Crippen MR) is 63.3 cm³/mol. The quantitative estimate of drug-likeness (QED) is 0.660. The third-order valence-electron chi connectivity index (χ3n) is 2.41.